The van der Waals surface area contributed by atoms with Crippen LogP contribution in [0.5, 0.6) is 11.5 Å². The zero-order chi connectivity index (χ0) is 18.4. The number of aliphatic carboxylic acids is 1. The summed E-state index contributed by atoms with van der Waals surface area (Å²) in [7, 11) is 1.62. The van der Waals surface area contributed by atoms with Gasteiger partial charge in [-0.25, -0.2) is 4.79 Å². The number of benzene rings is 2. The molecule has 0 heterocycles. The summed E-state index contributed by atoms with van der Waals surface area (Å²) in [5.41, 5.74) is 2.39. The summed E-state index contributed by atoms with van der Waals surface area (Å²) in [5, 5.41) is 8.82. The standard InChI is InChI=1S/C20H20O5/c1-13-12-15(5-11-19(13)24-3)4-10-18(21)16-6-8-17(9-7-16)25-14(2)20(22)23/h4-12,14H,1-3H3,(H,22,23)/b10-4+. The van der Waals surface area contributed by atoms with Crippen molar-refractivity contribution < 1.29 is 24.2 Å². The summed E-state index contributed by atoms with van der Waals surface area (Å²) < 4.78 is 10.4. The topological polar surface area (TPSA) is 72.8 Å². The average Bonchev–Trinajstić information content (AvgIpc) is 2.60. The van der Waals surface area contributed by atoms with Crippen molar-refractivity contribution in [1.82, 2.24) is 0 Å². The zero-order valence-electron chi connectivity index (χ0n) is 14.4. The Morgan fingerprint density at radius 1 is 1.12 bits per heavy atom. The molecule has 0 aliphatic rings. The van der Waals surface area contributed by atoms with E-state index in [1.807, 2.05) is 25.1 Å². The van der Waals surface area contributed by atoms with Gasteiger partial charge in [-0.05, 0) is 67.4 Å². The Balaban J connectivity index is 2.05. The number of methoxy groups -OCH3 is 1. The Labute approximate surface area is 146 Å². The van der Waals surface area contributed by atoms with Crippen LogP contribution in [0.4, 0.5) is 0 Å². The number of ether oxygens (including phenoxy) is 2. The molecule has 5 nitrogen and oxygen atoms in total. The minimum atomic E-state index is -1.04. The minimum absolute atomic E-state index is 0.147. The molecule has 1 unspecified atom stereocenters. The average molecular weight is 340 g/mol. The highest BCUT2D eigenvalue weighted by Crippen LogP contribution is 2.20. The molecule has 0 aliphatic heterocycles. The third-order valence-electron chi connectivity index (χ3n) is 3.65. The third-order valence-corrected chi connectivity index (χ3v) is 3.65. The van der Waals surface area contributed by atoms with Crippen LogP contribution in [-0.2, 0) is 4.79 Å². The summed E-state index contributed by atoms with van der Waals surface area (Å²) in [6, 6.07) is 12.0. The number of carboxylic acid groups (broad SMARTS) is 1. The van der Waals surface area contributed by atoms with Gasteiger partial charge in [0.25, 0.3) is 0 Å². The quantitative estimate of drug-likeness (QED) is 0.614. The molecule has 2 aromatic carbocycles. The van der Waals surface area contributed by atoms with Gasteiger partial charge < -0.3 is 14.6 Å². The van der Waals surface area contributed by atoms with Crippen LogP contribution in [0.15, 0.2) is 48.5 Å². The van der Waals surface area contributed by atoms with Crippen molar-refractivity contribution in [3.8, 4) is 11.5 Å². The molecule has 0 aromatic heterocycles. The minimum Gasteiger partial charge on any atom is -0.496 e. The molecular weight excluding hydrogens is 320 g/mol. The zero-order valence-corrected chi connectivity index (χ0v) is 14.4. The molecule has 0 aliphatic carbocycles. The van der Waals surface area contributed by atoms with Crippen LogP contribution in [-0.4, -0.2) is 30.1 Å². The maximum absolute atomic E-state index is 12.2. The molecule has 0 amide bonds. The number of hydrogen-bond donors (Lipinski definition) is 1. The fourth-order valence-electron chi connectivity index (χ4n) is 2.23. The second kappa shape index (κ2) is 8.15. The molecule has 2 aromatic rings. The molecule has 1 atom stereocenters. The lowest BCUT2D eigenvalue weighted by molar-refractivity contribution is -0.144. The number of allylic oxidation sites excluding steroid dienone is 1. The number of carbonyl (C=O) groups is 2. The van der Waals surface area contributed by atoms with Gasteiger partial charge >= 0.3 is 5.97 Å². The van der Waals surface area contributed by atoms with Crippen LogP contribution < -0.4 is 9.47 Å². The summed E-state index contributed by atoms with van der Waals surface area (Å²) in [6.45, 7) is 3.38. The van der Waals surface area contributed by atoms with Gasteiger partial charge in [0.2, 0.25) is 0 Å². The molecule has 0 saturated carbocycles. The van der Waals surface area contributed by atoms with Crippen LogP contribution >= 0.6 is 0 Å². The van der Waals surface area contributed by atoms with Crippen LogP contribution in [0, 0.1) is 6.92 Å². The molecule has 0 spiro atoms. The van der Waals surface area contributed by atoms with E-state index in [4.69, 9.17) is 14.6 Å². The van der Waals surface area contributed by atoms with Crippen molar-refractivity contribution in [2.45, 2.75) is 20.0 Å². The van der Waals surface area contributed by atoms with Crippen LogP contribution in [0.25, 0.3) is 6.08 Å². The van der Waals surface area contributed by atoms with Gasteiger partial charge in [0.05, 0.1) is 7.11 Å². The molecule has 0 fully saturated rings. The highest BCUT2D eigenvalue weighted by Gasteiger charge is 2.12. The van der Waals surface area contributed by atoms with Crippen molar-refractivity contribution in [3.05, 3.63) is 65.2 Å². The van der Waals surface area contributed by atoms with E-state index in [9.17, 15) is 9.59 Å². The molecule has 5 heteroatoms. The fraction of sp³-hybridized carbons (Fsp3) is 0.200. The number of aryl methyl sites for hydroxylation is 1. The Kier molecular flexibility index (Phi) is 5.95. The van der Waals surface area contributed by atoms with E-state index in [0.29, 0.717) is 11.3 Å². The van der Waals surface area contributed by atoms with E-state index < -0.39 is 12.1 Å². The Hall–Kier alpha value is -3.08. The maximum atomic E-state index is 12.2. The van der Waals surface area contributed by atoms with Crippen molar-refractivity contribution >= 4 is 17.8 Å². The van der Waals surface area contributed by atoms with Crippen LogP contribution in [0.2, 0.25) is 0 Å². The molecule has 0 saturated heterocycles. The Morgan fingerprint density at radius 2 is 1.80 bits per heavy atom. The first-order chi connectivity index (χ1) is 11.9. The second-order valence-electron chi connectivity index (χ2n) is 5.55. The molecular formula is C20H20O5. The Morgan fingerprint density at radius 3 is 2.36 bits per heavy atom. The van der Waals surface area contributed by atoms with Gasteiger partial charge in [-0.15, -0.1) is 0 Å². The SMILES string of the molecule is COc1ccc(/C=C/C(=O)c2ccc(OC(C)C(=O)O)cc2)cc1C. The van der Waals surface area contributed by atoms with Gasteiger partial charge in [-0.3, -0.25) is 4.79 Å². The first-order valence-corrected chi connectivity index (χ1v) is 7.77. The number of carboxylic acids is 1. The van der Waals surface area contributed by atoms with E-state index in [0.717, 1.165) is 16.9 Å². The number of rotatable bonds is 7. The summed E-state index contributed by atoms with van der Waals surface area (Å²) in [5.74, 6) is 0.0139. The van der Waals surface area contributed by atoms with E-state index in [1.165, 1.54) is 13.0 Å². The Bertz CT molecular complexity index is 790. The number of hydrogen-bond acceptors (Lipinski definition) is 4. The largest absolute Gasteiger partial charge is 0.496 e. The highest BCUT2D eigenvalue weighted by molar-refractivity contribution is 6.06. The van der Waals surface area contributed by atoms with Crippen molar-refractivity contribution in [1.29, 1.82) is 0 Å². The molecule has 25 heavy (non-hydrogen) atoms. The van der Waals surface area contributed by atoms with E-state index in [2.05, 4.69) is 0 Å². The number of ketones is 1. The summed E-state index contributed by atoms with van der Waals surface area (Å²) in [4.78, 5) is 23.0. The van der Waals surface area contributed by atoms with E-state index >= 15 is 0 Å². The highest BCUT2D eigenvalue weighted by atomic mass is 16.5. The fourth-order valence-corrected chi connectivity index (χ4v) is 2.23. The predicted octanol–water partition coefficient (Wildman–Crippen LogP) is 3.75. The molecule has 1 N–H and O–H groups in total. The second-order valence-corrected chi connectivity index (χ2v) is 5.55. The predicted molar refractivity (Wildman–Crippen MR) is 95.3 cm³/mol. The summed E-state index contributed by atoms with van der Waals surface area (Å²) >= 11 is 0. The summed E-state index contributed by atoms with van der Waals surface area (Å²) in [6.07, 6.45) is 2.29. The molecule has 0 radical (unpaired) electrons. The van der Waals surface area contributed by atoms with Crippen molar-refractivity contribution in [2.24, 2.45) is 0 Å². The molecule has 0 bridgehead atoms. The third kappa shape index (κ3) is 4.94. The van der Waals surface area contributed by atoms with Crippen LogP contribution in [0.3, 0.4) is 0 Å². The monoisotopic (exact) mass is 340 g/mol. The molecule has 130 valence electrons. The first-order valence-electron chi connectivity index (χ1n) is 7.77. The van der Waals surface area contributed by atoms with Gasteiger partial charge in [0, 0.05) is 5.56 Å². The van der Waals surface area contributed by atoms with Gasteiger partial charge in [0.1, 0.15) is 11.5 Å². The number of carbonyl (C=O) groups excluding carboxylic acids is 1. The van der Waals surface area contributed by atoms with Crippen LogP contribution in [0.1, 0.15) is 28.4 Å². The van der Waals surface area contributed by atoms with Crippen molar-refractivity contribution in [3.63, 3.8) is 0 Å². The van der Waals surface area contributed by atoms with E-state index in [1.54, 1.807) is 37.5 Å². The maximum Gasteiger partial charge on any atom is 0.344 e. The molecule has 2 rings (SSSR count). The lowest BCUT2D eigenvalue weighted by atomic mass is 10.1. The van der Waals surface area contributed by atoms with E-state index in [-0.39, 0.29) is 5.78 Å². The van der Waals surface area contributed by atoms with Gasteiger partial charge in [-0.1, -0.05) is 12.1 Å². The van der Waals surface area contributed by atoms with Crippen molar-refractivity contribution in [2.75, 3.05) is 7.11 Å². The normalized spacial score (nSPS) is 12.0. The van der Waals surface area contributed by atoms with Gasteiger partial charge in [0.15, 0.2) is 11.9 Å². The first kappa shape index (κ1) is 18.3. The lowest BCUT2D eigenvalue weighted by Gasteiger charge is -2.10. The smallest absolute Gasteiger partial charge is 0.344 e. The van der Waals surface area contributed by atoms with Gasteiger partial charge in [-0.2, -0.15) is 0 Å². The lowest BCUT2D eigenvalue weighted by Crippen LogP contribution is -2.22.